The fourth-order valence-corrected chi connectivity index (χ4v) is 2.32. The first-order valence-corrected chi connectivity index (χ1v) is 6.01. The molecule has 1 aromatic carbocycles. The number of nitrogens with one attached hydrogen (secondary N) is 1. The third-order valence-electron chi connectivity index (χ3n) is 3.12. The Morgan fingerprint density at radius 3 is 2.61 bits per heavy atom. The summed E-state index contributed by atoms with van der Waals surface area (Å²) in [6.07, 6.45) is -1.57. The third kappa shape index (κ3) is 1.88. The van der Waals surface area contributed by atoms with Gasteiger partial charge in [0, 0.05) is 13.1 Å². The second kappa shape index (κ2) is 4.64. The van der Waals surface area contributed by atoms with Gasteiger partial charge in [-0.3, -0.25) is 0 Å². The molecule has 6 nitrogen and oxygen atoms in total. The smallest absolute Gasteiger partial charge is 0.184 e. The highest BCUT2D eigenvalue weighted by molar-refractivity contribution is 5.66. The second-order valence-corrected chi connectivity index (χ2v) is 4.33. The predicted molar refractivity (Wildman–Crippen MR) is 64.8 cm³/mol. The molecule has 0 amide bonds. The first-order valence-electron chi connectivity index (χ1n) is 6.01. The van der Waals surface area contributed by atoms with Crippen molar-refractivity contribution in [1.29, 1.82) is 0 Å². The van der Waals surface area contributed by atoms with Crippen molar-refractivity contribution in [2.24, 2.45) is 0 Å². The van der Waals surface area contributed by atoms with Crippen molar-refractivity contribution in [3.05, 3.63) is 18.2 Å². The third-order valence-corrected chi connectivity index (χ3v) is 3.12. The normalized spacial score (nSPS) is 27.1. The molecule has 2 atom stereocenters. The van der Waals surface area contributed by atoms with Gasteiger partial charge in [0.25, 0.3) is 0 Å². The van der Waals surface area contributed by atoms with Gasteiger partial charge in [-0.25, -0.2) is 0 Å². The topological polar surface area (TPSA) is 74.2 Å². The van der Waals surface area contributed by atoms with Crippen LogP contribution in [0.4, 0.5) is 5.69 Å². The monoisotopic (exact) mass is 252 g/mol. The van der Waals surface area contributed by atoms with Crippen LogP contribution in [0.2, 0.25) is 0 Å². The number of benzene rings is 1. The minimum absolute atomic E-state index is 0.404. The van der Waals surface area contributed by atoms with E-state index in [2.05, 4.69) is 5.32 Å². The van der Waals surface area contributed by atoms with Crippen LogP contribution in [0.5, 0.6) is 11.5 Å². The van der Waals surface area contributed by atoms with E-state index in [0.717, 1.165) is 0 Å². The minimum Gasteiger partial charge on any atom is -0.486 e. The van der Waals surface area contributed by atoms with Crippen LogP contribution in [0.15, 0.2) is 18.2 Å². The molecule has 2 aliphatic rings. The number of rotatable bonds is 1. The summed E-state index contributed by atoms with van der Waals surface area (Å²) in [5.74, 6) is 1.24. The summed E-state index contributed by atoms with van der Waals surface area (Å²) < 4.78 is 11.1. The van der Waals surface area contributed by atoms with Crippen molar-refractivity contribution in [2.45, 2.75) is 12.5 Å². The maximum atomic E-state index is 10.0. The maximum Gasteiger partial charge on any atom is 0.184 e. The lowest BCUT2D eigenvalue weighted by Gasteiger charge is -2.39. The van der Waals surface area contributed by atoms with Crippen LogP contribution in [0.25, 0.3) is 0 Å². The molecule has 0 radical (unpaired) electrons. The summed E-state index contributed by atoms with van der Waals surface area (Å²) in [7, 11) is 0. The SMILES string of the molecule is OC1CNCC(O)N1c1cccc2c1OCCO2. The van der Waals surface area contributed by atoms with E-state index in [4.69, 9.17) is 9.47 Å². The van der Waals surface area contributed by atoms with E-state index in [1.54, 1.807) is 4.90 Å². The van der Waals surface area contributed by atoms with Crippen LogP contribution in [-0.4, -0.2) is 49.0 Å². The fraction of sp³-hybridized carbons (Fsp3) is 0.500. The number of hydrogen-bond donors (Lipinski definition) is 3. The zero-order chi connectivity index (χ0) is 12.5. The molecule has 0 aliphatic carbocycles. The van der Waals surface area contributed by atoms with Crippen molar-refractivity contribution in [1.82, 2.24) is 5.32 Å². The van der Waals surface area contributed by atoms with Gasteiger partial charge in [0.15, 0.2) is 11.5 Å². The average molecular weight is 252 g/mol. The lowest BCUT2D eigenvalue weighted by molar-refractivity contribution is 0.0548. The van der Waals surface area contributed by atoms with Gasteiger partial charge >= 0.3 is 0 Å². The van der Waals surface area contributed by atoms with E-state index in [0.29, 0.717) is 43.5 Å². The Hall–Kier alpha value is -1.50. The van der Waals surface area contributed by atoms with Gasteiger partial charge in [-0.2, -0.15) is 0 Å². The van der Waals surface area contributed by atoms with Crippen LogP contribution in [0, 0.1) is 0 Å². The van der Waals surface area contributed by atoms with E-state index in [9.17, 15) is 10.2 Å². The van der Waals surface area contributed by atoms with Crippen LogP contribution >= 0.6 is 0 Å². The molecule has 0 spiro atoms. The molecular weight excluding hydrogens is 236 g/mol. The second-order valence-electron chi connectivity index (χ2n) is 4.33. The van der Waals surface area contributed by atoms with Crippen molar-refractivity contribution in [2.75, 3.05) is 31.2 Å². The van der Waals surface area contributed by atoms with Crippen molar-refractivity contribution < 1.29 is 19.7 Å². The molecule has 3 N–H and O–H groups in total. The summed E-state index contributed by atoms with van der Waals surface area (Å²) in [6.45, 7) is 1.80. The quantitative estimate of drug-likeness (QED) is 0.626. The highest BCUT2D eigenvalue weighted by Crippen LogP contribution is 2.40. The Labute approximate surface area is 105 Å². The minimum atomic E-state index is -0.786. The molecule has 0 bridgehead atoms. The molecule has 2 aliphatic heterocycles. The molecule has 3 rings (SSSR count). The molecule has 2 unspecified atom stereocenters. The fourth-order valence-electron chi connectivity index (χ4n) is 2.32. The predicted octanol–water partition coefficient (Wildman–Crippen LogP) is -0.496. The van der Waals surface area contributed by atoms with Gasteiger partial charge in [0.1, 0.15) is 25.7 Å². The van der Waals surface area contributed by atoms with E-state index in [1.165, 1.54) is 0 Å². The molecule has 1 saturated heterocycles. The van der Waals surface area contributed by atoms with Gasteiger partial charge in [0.2, 0.25) is 0 Å². The van der Waals surface area contributed by atoms with Crippen LogP contribution < -0.4 is 19.7 Å². The van der Waals surface area contributed by atoms with E-state index >= 15 is 0 Å². The molecule has 2 heterocycles. The van der Waals surface area contributed by atoms with Crippen molar-refractivity contribution in [3.8, 4) is 11.5 Å². The Kier molecular flexibility index (Phi) is 2.99. The molecule has 0 aromatic heterocycles. The number of nitrogens with zero attached hydrogens (tertiary/aromatic N) is 1. The van der Waals surface area contributed by atoms with E-state index in [-0.39, 0.29) is 0 Å². The maximum absolute atomic E-state index is 10.0. The van der Waals surface area contributed by atoms with Gasteiger partial charge in [-0.15, -0.1) is 0 Å². The van der Waals surface area contributed by atoms with Crippen LogP contribution in [0.3, 0.4) is 0 Å². The molecule has 98 valence electrons. The van der Waals surface area contributed by atoms with E-state index < -0.39 is 12.5 Å². The Morgan fingerprint density at radius 2 is 1.83 bits per heavy atom. The summed E-state index contributed by atoms with van der Waals surface area (Å²) in [5.41, 5.74) is 0.661. The van der Waals surface area contributed by atoms with Crippen molar-refractivity contribution >= 4 is 5.69 Å². The van der Waals surface area contributed by atoms with Gasteiger partial charge in [-0.1, -0.05) is 6.07 Å². The van der Waals surface area contributed by atoms with Gasteiger partial charge in [-0.05, 0) is 12.1 Å². The zero-order valence-corrected chi connectivity index (χ0v) is 9.87. The number of ether oxygens (including phenoxy) is 2. The number of fused-ring (bicyclic) bond motifs is 1. The summed E-state index contributed by atoms with van der Waals surface area (Å²) in [6, 6.07) is 5.45. The number of aliphatic hydroxyl groups is 2. The Bertz CT molecular complexity index is 430. The molecule has 1 fully saturated rings. The zero-order valence-electron chi connectivity index (χ0n) is 9.87. The lowest BCUT2D eigenvalue weighted by Crippen LogP contribution is -2.57. The molecule has 6 heteroatoms. The molecule has 1 aromatic rings. The number of anilines is 1. The summed E-state index contributed by atoms with van der Waals surface area (Å²) in [5, 5.41) is 23.0. The standard InChI is InChI=1S/C12H16N2O4/c15-10-6-13-7-11(16)14(10)8-2-1-3-9-12(8)18-5-4-17-9/h1-3,10-11,13,15-16H,4-7H2. The Balaban J connectivity index is 2.00. The number of para-hydroxylation sites is 1. The highest BCUT2D eigenvalue weighted by Gasteiger charge is 2.31. The number of piperazine rings is 1. The van der Waals surface area contributed by atoms with Crippen LogP contribution in [0.1, 0.15) is 0 Å². The van der Waals surface area contributed by atoms with Gasteiger partial charge < -0.3 is 29.9 Å². The van der Waals surface area contributed by atoms with E-state index in [1.807, 2.05) is 18.2 Å². The largest absolute Gasteiger partial charge is 0.486 e. The number of aliphatic hydroxyl groups excluding tert-OH is 2. The molecular formula is C12H16N2O4. The lowest BCUT2D eigenvalue weighted by atomic mass is 10.2. The summed E-state index contributed by atoms with van der Waals surface area (Å²) in [4.78, 5) is 1.55. The number of β-amino-alcohol motifs (C(OH)–C–C–N with tert-alkyl or cyclic N) is 2. The highest BCUT2D eigenvalue weighted by atomic mass is 16.6. The van der Waals surface area contributed by atoms with Crippen molar-refractivity contribution in [3.63, 3.8) is 0 Å². The molecule has 18 heavy (non-hydrogen) atoms. The number of hydrogen-bond acceptors (Lipinski definition) is 6. The average Bonchev–Trinajstić information content (AvgIpc) is 2.39. The van der Waals surface area contributed by atoms with Crippen LogP contribution in [-0.2, 0) is 0 Å². The molecule has 0 saturated carbocycles. The Morgan fingerprint density at radius 1 is 1.11 bits per heavy atom. The first kappa shape index (κ1) is 11.6. The summed E-state index contributed by atoms with van der Waals surface area (Å²) >= 11 is 0. The first-order chi connectivity index (χ1) is 8.77. The van der Waals surface area contributed by atoms with Gasteiger partial charge in [0.05, 0.1) is 5.69 Å².